The Morgan fingerprint density at radius 3 is 2.28 bits per heavy atom. The summed E-state index contributed by atoms with van der Waals surface area (Å²) in [6.07, 6.45) is -1.59. The summed E-state index contributed by atoms with van der Waals surface area (Å²) >= 11 is 0. The van der Waals surface area contributed by atoms with Gasteiger partial charge in [0.05, 0.1) is 11.0 Å². The fourth-order valence-electron chi connectivity index (χ4n) is 1.41. The Labute approximate surface area is 99.5 Å². The Morgan fingerprint density at radius 1 is 1.39 bits per heavy atom. The fraction of sp³-hybridized carbons (Fsp3) is 0.444. The molecule has 0 N–H and O–H groups in total. The summed E-state index contributed by atoms with van der Waals surface area (Å²) in [6.45, 7) is 0. The molecule has 1 aromatic rings. The number of alkyl halides is 2. The summed E-state index contributed by atoms with van der Waals surface area (Å²) in [5.74, 6) is 0. The van der Waals surface area contributed by atoms with Crippen molar-refractivity contribution in [3.05, 3.63) is 22.0 Å². The first-order valence-corrected chi connectivity index (χ1v) is 4.90. The van der Waals surface area contributed by atoms with Gasteiger partial charge >= 0.3 is 5.69 Å². The Bertz CT molecular complexity index is 451. The molecule has 0 spiro atoms. The SMILES string of the molecule is O=CCC(CC=O)n1cc([N+](=O)[O-])c(C(F)F)n1. The summed E-state index contributed by atoms with van der Waals surface area (Å²) in [5.41, 5.74) is -1.80. The molecule has 0 aliphatic carbocycles. The van der Waals surface area contributed by atoms with Crippen molar-refractivity contribution in [2.75, 3.05) is 0 Å². The minimum atomic E-state index is -3.10. The van der Waals surface area contributed by atoms with E-state index in [0.717, 1.165) is 10.9 Å². The molecule has 98 valence electrons. The van der Waals surface area contributed by atoms with Crippen LogP contribution in [0.1, 0.15) is 31.0 Å². The number of nitro groups is 1. The lowest BCUT2D eigenvalue weighted by molar-refractivity contribution is -0.386. The molecule has 0 saturated carbocycles. The van der Waals surface area contributed by atoms with E-state index in [2.05, 4.69) is 5.10 Å². The van der Waals surface area contributed by atoms with Crippen LogP contribution in [-0.4, -0.2) is 27.3 Å². The highest BCUT2D eigenvalue weighted by molar-refractivity contribution is 5.55. The Hall–Kier alpha value is -2.19. The molecule has 0 aliphatic heterocycles. The van der Waals surface area contributed by atoms with Crippen molar-refractivity contribution in [1.82, 2.24) is 9.78 Å². The predicted molar refractivity (Wildman–Crippen MR) is 54.2 cm³/mol. The van der Waals surface area contributed by atoms with Gasteiger partial charge in [0.1, 0.15) is 18.8 Å². The lowest BCUT2D eigenvalue weighted by Crippen LogP contribution is -2.11. The minimum absolute atomic E-state index is 0.139. The monoisotopic (exact) mass is 261 g/mol. The number of aromatic nitrogens is 2. The van der Waals surface area contributed by atoms with Gasteiger partial charge in [-0.1, -0.05) is 0 Å². The molecule has 7 nitrogen and oxygen atoms in total. The average molecular weight is 261 g/mol. The van der Waals surface area contributed by atoms with Crippen LogP contribution in [0.5, 0.6) is 0 Å². The number of hydrogen-bond donors (Lipinski definition) is 0. The molecule has 0 aromatic carbocycles. The lowest BCUT2D eigenvalue weighted by atomic mass is 10.2. The molecule has 0 amide bonds. The smallest absolute Gasteiger partial charge is 0.303 e. The molecule has 0 atom stereocenters. The quantitative estimate of drug-likeness (QED) is 0.420. The number of rotatable bonds is 7. The van der Waals surface area contributed by atoms with Crippen molar-refractivity contribution in [2.45, 2.75) is 25.3 Å². The van der Waals surface area contributed by atoms with Gasteiger partial charge in [-0.15, -0.1) is 0 Å². The Morgan fingerprint density at radius 2 is 1.94 bits per heavy atom. The standard InChI is InChI=1S/C9H9F2N3O4/c10-9(11)8-7(14(17)18)5-13(12-8)6(1-3-15)2-4-16/h3-6,9H,1-2H2. The van der Waals surface area contributed by atoms with Gasteiger partial charge < -0.3 is 9.59 Å². The number of carbonyl (C=O) groups is 2. The van der Waals surface area contributed by atoms with Crippen LogP contribution < -0.4 is 0 Å². The third-order valence-corrected chi connectivity index (χ3v) is 2.25. The van der Waals surface area contributed by atoms with E-state index in [1.165, 1.54) is 0 Å². The average Bonchev–Trinajstić information content (AvgIpc) is 2.73. The summed E-state index contributed by atoms with van der Waals surface area (Å²) in [4.78, 5) is 30.3. The second-order valence-corrected chi connectivity index (χ2v) is 3.40. The second-order valence-electron chi connectivity index (χ2n) is 3.40. The predicted octanol–water partition coefficient (Wildman–Crippen LogP) is 1.45. The van der Waals surface area contributed by atoms with E-state index >= 15 is 0 Å². The number of aldehydes is 2. The Kier molecular flexibility index (Phi) is 4.58. The van der Waals surface area contributed by atoms with Crippen LogP contribution in [0.25, 0.3) is 0 Å². The number of carbonyl (C=O) groups excluding carboxylic acids is 2. The second kappa shape index (κ2) is 5.94. The molecule has 0 unspecified atom stereocenters. The molecule has 1 aromatic heterocycles. The third kappa shape index (κ3) is 2.93. The molecular weight excluding hydrogens is 252 g/mol. The van der Waals surface area contributed by atoms with E-state index in [9.17, 15) is 28.5 Å². The van der Waals surface area contributed by atoms with E-state index in [-0.39, 0.29) is 12.8 Å². The van der Waals surface area contributed by atoms with Crippen molar-refractivity contribution >= 4 is 18.3 Å². The number of nitrogens with zero attached hydrogens (tertiary/aromatic N) is 3. The van der Waals surface area contributed by atoms with Gasteiger partial charge in [0.15, 0.2) is 0 Å². The first kappa shape index (κ1) is 13.9. The maximum Gasteiger partial charge on any atom is 0.316 e. The molecule has 0 saturated heterocycles. The van der Waals surface area contributed by atoms with E-state index < -0.39 is 28.8 Å². The topological polar surface area (TPSA) is 95.1 Å². The van der Waals surface area contributed by atoms with Crippen LogP contribution in [0.2, 0.25) is 0 Å². The highest BCUT2D eigenvalue weighted by Gasteiger charge is 2.28. The van der Waals surface area contributed by atoms with Gasteiger partial charge in [0.25, 0.3) is 6.43 Å². The highest BCUT2D eigenvalue weighted by Crippen LogP contribution is 2.29. The fourth-order valence-corrected chi connectivity index (χ4v) is 1.41. The van der Waals surface area contributed by atoms with Crippen LogP contribution in [0.15, 0.2) is 6.20 Å². The molecule has 9 heteroatoms. The highest BCUT2D eigenvalue weighted by atomic mass is 19.3. The van der Waals surface area contributed by atoms with Crippen molar-refractivity contribution < 1.29 is 23.3 Å². The molecule has 0 radical (unpaired) electrons. The zero-order valence-electron chi connectivity index (χ0n) is 9.03. The zero-order valence-corrected chi connectivity index (χ0v) is 9.03. The molecule has 1 rings (SSSR count). The zero-order chi connectivity index (χ0) is 13.7. The van der Waals surface area contributed by atoms with E-state index in [1.54, 1.807) is 0 Å². The summed E-state index contributed by atoms with van der Waals surface area (Å²) in [5, 5.41) is 13.9. The van der Waals surface area contributed by atoms with Crippen LogP contribution in [0, 0.1) is 10.1 Å². The molecule has 1 heterocycles. The molecule has 0 fully saturated rings. The van der Waals surface area contributed by atoms with Gasteiger partial charge in [-0.25, -0.2) is 8.78 Å². The van der Waals surface area contributed by atoms with Crippen molar-refractivity contribution in [1.29, 1.82) is 0 Å². The van der Waals surface area contributed by atoms with Crippen molar-refractivity contribution in [3.8, 4) is 0 Å². The summed E-state index contributed by atoms with van der Waals surface area (Å²) in [7, 11) is 0. The van der Waals surface area contributed by atoms with E-state index in [1.807, 2.05) is 0 Å². The largest absolute Gasteiger partial charge is 0.316 e. The first-order chi connectivity index (χ1) is 8.51. The van der Waals surface area contributed by atoms with Crippen molar-refractivity contribution in [3.63, 3.8) is 0 Å². The van der Waals surface area contributed by atoms with Gasteiger partial charge in [-0.2, -0.15) is 5.10 Å². The molecule has 0 aliphatic rings. The molecule has 0 bridgehead atoms. The van der Waals surface area contributed by atoms with Gasteiger partial charge in [-0.3, -0.25) is 14.8 Å². The van der Waals surface area contributed by atoms with Gasteiger partial charge in [0.2, 0.25) is 5.69 Å². The van der Waals surface area contributed by atoms with Crippen LogP contribution in [0.3, 0.4) is 0 Å². The van der Waals surface area contributed by atoms with Crippen molar-refractivity contribution in [2.24, 2.45) is 0 Å². The van der Waals surface area contributed by atoms with Crippen LogP contribution in [0.4, 0.5) is 14.5 Å². The Balaban J connectivity index is 3.15. The maximum atomic E-state index is 12.5. The van der Waals surface area contributed by atoms with Crippen LogP contribution >= 0.6 is 0 Å². The first-order valence-electron chi connectivity index (χ1n) is 4.90. The number of halogens is 2. The van der Waals surface area contributed by atoms with Crippen LogP contribution in [-0.2, 0) is 9.59 Å². The van der Waals surface area contributed by atoms with E-state index in [4.69, 9.17) is 0 Å². The normalized spacial score (nSPS) is 10.9. The summed E-state index contributed by atoms with van der Waals surface area (Å²) in [6, 6.07) is -0.786. The maximum absolute atomic E-state index is 12.5. The lowest BCUT2D eigenvalue weighted by Gasteiger charge is -2.10. The third-order valence-electron chi connectivity index (χ3n) is 2.25. The molecular formula is C9H9F2N3O4. The molecule has 18 heavy (non-hydrogen) atoms. The van der Waals surface area contributed by atoms with E-state index in [0.29, 0.717) is 12.6 Å². The number of hydrogen-bond acceptors (Lipinski definition) is 5. The van der Waals surface area contributed by atoms with Gasteiger partial charge in [-0.05, 0) is 0 Å². The summed E-state index contributed by atoms with van der Waals surface area (Å²) < 4.78 is 25.9. The van der Waals surface area contributed by atoms with Gasteiger partial charge in [0, 0.05) is 12.8 Å². The minimum Gasteiger partial charge on any atom is -0.303 e.